The van der Waals surface area contributed by atoms with Gasteiger partial charge in [0.15, 0.2) is 0 Å². The molecule has 0 unspecified atom stereocenters. The van der Waals surface area contributed by atoms with Crippen LogP contribution in [0, 0.1) is 0 Å². The molecule has 2 heterocycles. The van der Waals surface area contributed by atoms with Crippen molar-refractivity contribution in [3.63, 3.8) is 0 Å². The summed E-state index contributed by atoms with van der Waals surface area (Å²) in [6.45, 7) is 2.05. The first-order chi connectivity index (χ1) is 14.3. The van der Waals surface area contributed by atoms with E-state index in [-0.39, 0.29) is 0 Å². The standard InChI is InChI=1S/C23H25N5O/c24-11-4-5-12-28-14-20(21-22(25)26-16-27-23(21)28)18-9-6-10-19(13-18)29-15-17-7-2-1-3-8-17/h1-3,6-10,13-14,16H,4-5,11-12,15,24H2,(H2,25,26,27). The number of nitrogens with zero attached hydrogens (tertiary/aromatic N) is 3. The van der Waals surface area contributed by atoms with Gasteiger partial charge >= 0.3 is 0 Å². The first-order valence-electron chi connectivity index (χ1n) is 9.83. The smallest absolute Gasteiger partial charge is 0.146 e. The number of nitrogen functional groups attached to an aromatic ring is 1. The molecule has 0 radical (unpaired) electrons. The summed E-state index contributed by atoms with van der Waals surface area (Å²) >= 11 is 0. The number of hydrogen-bond donors (Lipinski definition) is 2. The molecular formula is C23H25N5O. The van der Waals surface area contributed by atoms with Crippen LogP contribution in [0.4, 0.5) is 5.82 Å². The number of nitrogens with two attached hydrogens (primary N) is 2. The zero-order valence-corrected chi connectivity index (χ0v) is 16.3. The van der Waals surface area contributed by atoms with Crippen molar-refractivity contribution in [3.05, 3.63) is 72.7 Å². The lowest BCUT2D eigenvalue weighted by atomic mass is 10.1. The number of aromatic nitrogens is 3. The second kappa shape index (κ2) is 8.75. The van der Waals surface area contributed by atoms with Crippen molar-refractivity contribution in [3.8, 4) is 16.9 Å². The highest BCUT2D eigenvalue weighted by molar-refractivity contribution is 6.00. The fourth-order valence-electron chi connectivity index (χ4n) is 3.46. The summed E-state index contributed by atoms with van der Waals surface area (Å²) in [7, 11) is 0. The lowest BCUT2D eigenvalue weighted by Crippen LogP contribution is -2.03. The van der Waals surface area contributed by atoms with Crippen molar-refractivity contribution >= 4 is 16.9 Å². The molecule has 2 aromatic carbocycles. The Morgan fingerprint density at radius 3 is 2.66 bits per heavy atom. The predicted molar refractivity (Wildman–Crippen MR) is 116 cm³/mol. The third kappa shape index (κ3) is 4.22. The largest absolute Gasteiger partial charge is 0.489 e. The van der Waals surface area contributed by atoms with Gasteiger partial charge in [0, 0.05) is 18.3 Å². The van der Waals surface area contributed by atoms with Gasteiger partial charge in [0.25, 0.3) is 0 Å². The quantitative estimate of drug-likeness (QED) is 0.446. The maximum absolute atomic E-state index is 6.22. The number of rotatable bonds is 8. The molecule has 6 nitrogen and oxygen atoms in total. The van der Waals surface area contributed by atoms with E-state index in [1.807, 2.05) is 36.4 Å². The number of hydrogen-bond acceptors (Lipinski definition) is 5. The minimum absolute atomic E-state index is 0.484. The predicted octanol–water partition coefficient (Wildman–Crippen LogP) is 4.00. The molecular weight excluding hydrogens is 362 g/mol. The first kappa shape index (κ1) is 19.0. The molecule has 2 aromatic heterocycles. The van der Waals surface area contributed by atoms with Gasteiger partial charge in [-0.05, 0) is 42.6 Å². The van der Waals surface area contributed by atoms with Crippen molar-refractivity contribution < 1.29 is 4.74 Å². The maximum atomic E-state index is 6.22. The Morgan fingerprint density at radius 2 is 1.83 bits per heavy atom. The number of aryl methyl sites for hydroxylation is 1. The molecule has 0 amide bonds. The molecule has 6 heteroatoms. The zero-order valence-electron chi connectivity index (χ0n) is 16.3. The Bertz CT molecular complexity index is 1090. The second-order valence-electron chi connectivity index (χ2n) is 6.99. The Labute approximate surface area is 170 Å². The normalized spacial score (nSPS) is 11.1. The van der Waals surface area contributed by atoms with E-state index in [1.165, 1.54) is 6.33 Å². The molecule has 4 rings (SSSR count). The first-order valence-corrected chi connectivity index (χ1v) is 9.83. The molecule has 0 saturated carbocycles. The summed E-state index contributed by atoms with van der Waals surface area (Å²) < 4.78 is 8.13. The van der Waals surface area contributed by atoms with Gasteiger partial charge < -0.3 is 20.8 Å². The Morgan fingerprint density at radius 1 is 0.966 bits per heavy atom. The van der Waals surface area contributed by atoms with Crippen molar-refractivity contribution in [1.29, 1.82) is 0 Å². The molecule has 0 bridgehead atoms. The maximum Gasteiger partial charge on any atom is 0.146 e. The van der Waals surface area contributed by atoms with Gasteiger partial charge in [0.05, 0.1) is 5.39 Å². The molecule has 0 saturated heterocycles. The Balaban J connectivity index is 1.65. The van der Waals surface area contributed by atoms with E-state index < -0.39 is 0 Å². The van der Waals surface area contributed by atoms with Crippen LogP contribution in [0.25, 0.3) is 22.2 Å². The summed E-state index contributed by atoms with van der Waals surface area (Å²) in [5.74, 6) is 1.30. The fourth-order valence-corrected chi connectivity index (χ4v) is 3.46. The molecule has 4 aromatic rings. The van der Waals surface area contributed by atoms with Crippen LogP contribution in [-0.2, 0) is 13.2 Å². The number of anilines is 1. The molecule has 148 valence electrons. The van der Waals surface area contributed by atoms with Gasteiger partial charge in [-0.15, -0.1) is 0 Å². The Kier molecular flexibility index (Phi) is 5.72. The van der Waals surface area contributed by atoms with Crippen LogP contribution in [-0.4, -0.2) is 21.1 Å². The van der Waals surface area contributed by atoms with E-state index in [2.05, 4.69) is 38.9 Å². The van der Waals surface area contributed by atoms with Crippen LogP contribution in [0.3, 0.4) is 0 Å². The van der Waals surface area contributed by atoms with Crippen LogP contribution < -0.4 is 16.2 Å². The summed E-state index contributed by atoms with van der Waals surface area (Å²) in [4.78, 5) is 8.68. The molecule has 0 atom stereocenters. The van der Waals surface area contributed by atoms with Crippen LogP contribution in [0.15, 0.2) is 67.1 Å². The van der Waals surface area contributed by atoms with Crippen LogP contribution in [0.5, 0.6) is 5.75 Å². The molecule has 4 N–H and O–H groups in total. The van der Waals surface area contributed by atoms with Gasteiger partial charge in [-0.1, -0.05) is 42.5 Å². The SMILES string of the molecule is NCCCCn1cc(-c2cccc(OCc3ccccc3)c2)c2c(N)ncnc21. The monoisotopic (exact) mass is 387 g/mol. The average molecular weight is 387 g/mol. The molecule has 0 aliphatic rings. The molecule has 0 fully saturated rings. The molecule has 29 heavy (non-hydrogen) atoms. The highest BCUT2D eigenvalue weighted by Gasteiger charge is 2.15. The minimum atomic E-state index is 0.484. The number of benzene rings is 2. The van der Waals surface area contributed by atoms with Gasteiger partial charge in [-0.3, -0.25) is 0 Å². The van der Waals surface area contributed by atoms with Gasteiger partial charge in [-0.2, -0.15) is 0 Å². The highest BCUT2D eigenvalue weighted by Crippen LogP contribution is 2.34. The molecule has 0 spiro atoms. The fraction of sp³-hybridized carbons (Fsp3) is 0.217. The van der Waals surface area contributed by atoms with Crippen molar-refractivity contribution in [2.75, 3.05) is 12.3 Å². The highest BCUT2D eigenvalue weighted by atomic mass is 16.5. The summed E-state index contributed by atoms with van der Waals surface area (Å²) in [5.41, 5.74) is 15.9. The second-order valence-corrected chi connectivity index (χ2v) is 6.99. The third-order valence-corrected chi connectivity index (χ3v) is 4.93. The summed E-state index contributed by atoms with van der Waals surface area (Å²) in [6, 6.07) is 18.2. The molecule has 0 aliphatic carbocycles. The minimum Gasteiger partial charge on any atom is -0.489 e. The average Bonchev–Trinajstić information content (AvgIpc) is 3.14. The van der Waals surface area contributed by atoms with Crippen LogP contribution in [0.1, 0.15) is 18.4 Å². The third-order valence-electron chi connectivity index (χ3n) is 4.93. The topological polar surface area (TPSA) is 92.0 Å². The van der Waals surface area contributed by atoms with E-state index in [4.69, 9.17) is 16.2 Å². The van der Waals surface area contributed by atoms with Crippen molar-refractivity contribution in [2.45, 2.75) is 26.0 Å². The Hall–Kier alpha value is -3.38. The summed E-state index contributed by atoms with van der Waals surface area (Å²) in [5, 5.41) is 0.875. The van der Waals surface area contributed by atoms with E-state index in [9.17, 15) is 0 Å². The zero-order chi connectivity index (χ0) is 20.1. The van der Waals surface area contributed by atoms with Crippen LogP contribution >= 0.6 is 0 Å². The lowest BCUT2D eigenvalue weighted by molar-refractivity contribution is 0.306. The van der Waals surface area contributed by atoms with E-state index in [0.717, 1.165) is 52.9 Å². The van der Waals surface area contributed by atoms with E-state index in [0.29, 0.717) is 19.0 Å². The van der Waals surface area contributed by atoms with Crippen molar-refractivity contribution in [2.24, 2.45) is 5.73 Å². The lowest BCUT2D eigenvalue weighted by Gasteiger charge is -2.08. The number of unbranched alkanes of at least 4 members (excludes halogenated alkanes) is 1. The number of fused-ring (bicyclic) bond motifs is 1. The van der Waals surface area contributed by atoms with E-state index >= 15 is 0 Å². The van der Waals surface area contributed by atoms with Gasteiger partial charge in [0.2, 0.25) is 0 Å². The van der Waals surface area contributed by atoms with E-state index in [1.54, 1.807) is 0 Å². The molecule has 0 aliphatic heterocycles. The summed E-state index contributed by atoms with van der Waals surface area (Å²) in [6.07, 6.45) is 5.57. The van der Waals surface area contributed by atoms with Gasteiger partial charge in [-0.25, -0.2) is 9.97 Å². The number of ether oxygens (including phenoxy) is 1. The van der Waals surface area contributed by atoms with Crippen LogP contribution in [0.2, 0.25) is 0 Å². The van der Waals surface area contributed by atoms with Crippen molar-refractivity contribution in [1.82, 2.24) is 14.5 Å². The van der Waals surface area contributed by atoms with Gasteiger partial charge in [0.1, 0.15) is 30.1 Å².